The molecule has 0 aromatic heterocycles. The Balaban J connectivity index is 2.84. The number of allylic oxidation sites excluding steroid dienone is 2. The molecule has 0 spiro atoms. The van der Waals surface area contributed by atoms with Crippen LogP contribution < -0.4 is 0 Å². The molecule has 0 N–H and O–H groups in total. The fourth-order valence-corrected chi connectivity index (χ4v) is 3.52. The molecule has 0 fully saturated rings. The summed E-state index contributed by atoms with van der Waals surface area (Å²) in [4.78, 5) is 12.6. The molecule has 0 aliphatic heterocycles. The summed E-state index contributed by atoms with van der Waals surface area (Å²) in [6.45, 7) is 4.31. The van der Waals surface area contributed by atoms with Gasteiger partial charge < -0.3 is 0 Å². The lowest BCUT2D eigenvalue weighted by molar-refractivity contribution is -0.384. The van der Waals surface area contributed by atoms with E-state index in [9.17, 15) is 10.1 Å². The van der Waals surface area contributed by atoms with E-state index >= 15 is 0 Å². The molecule has 0 unspecified atom stereocenters. The van der Waals surface area contributed by atoms with Gasteiger partial charge in [0.05, 0.1) is 4.92 Å². The van der Waals surface area contributed by atoms with E-state index in [0.717, 1.165) is 30.6 Å². The molecule has 1 rings (SSSR count). The van der Waals surface area contributed by atoms with Gasteiger partial charge in [0.25, 0.3) is 5.69 Å². The van der Waals surface area contributed by atoms with Crippen LogP contribution in [0.2, 0.25) is 0 Å². The summed E-state index contributed by atoms with van der Waals surface area (Å²) in [7, 11) is 0. The smallest absolute Gasteiger partial charge is 0.258 e. The molecule has 0 heterocycles. The zero-order valence-electron chi connectivity index (χ0n) is 11.2. The minimum absolute atomic E-state index is 0.137. The molecule has 0 saturated carbocycles. The Kier molecular flexibility index (Phi) is 7.16. The van der Waals surface area contributed by atoms with E-state index in [1.807, 2.05) is 12.1 Å². The first-order valence-electron chi connectivity index (χ1n) is 6.38. The third-order valence-corrected chi connectivity index (χ3v) is 4.88. The van der Waals surface area contributed by atoms with Crippen LogP contribution in [0, 0.1) is 10.1 Å². The molecule has 0 saturated heterocycles. The lowest BCUT2D eigenvalue weighted by Gasteiger charge is -2.09. The Morgan fingerprint density at radius 2 is 1.79 bits per heavy atom. The Hall–Kier alpha value is -0.810. The van der Waals surface area contributed by atoms with Gasteiger partial charge in [-0.2, -0.15) is 0 Å². The van der Waals surface area contributed by atoms with E-state index < -0.39 is 0 Å². The molecule has 104 valence electrons. The van der Waals surface area contributed by atoms with Gasteiger partial charge in [-0.1, -0.05) is 54.4 Å². The lowest BCUT2D eigenvalue weighted by Crippen LogP contribution is -1.87. The summed E-state index contributed by atoms with van der Waals surface area (Å²) in [6.07, 6.45) is 4.26. The molecule has 19 heavy (non-hydrogen) atoms. The monoisotopic (exact) mass is 343 g/mol. The maximum Gasteiger partial charge on any atom is 0.269 e. The van der Waals surface area contributed by atoms with Crippen molar-refractivity contribution in [3.63, 3.8) is 0 Å². The van der Waals surface area contributed by atoms with Gasteiger partial charge in [-0.25, -0.2) is 0 Å². The van der Waals surface area contributed by atoms with E-state index in [0.29, 0.717) is 0 Å². The summed E-state index contributed by atoms with van der Waals surface area (Å²) in [5.74, 6) is 0. The minimum Gasteiger partial charge on any atom is -0.258 e. The molecule has 3 nitrogen and oxygen atoms in total. The number of benzene rings is 1. The lowest BCUT2D eigenvalue weighted by atomic mass is 10.2. The second-order valence-electron chi connectivity index (χ2n) is 4.18. The Bertz CT molecular complexity index is 457. The van der Waals surface area contributed by atoms with E-state index in [1.54, 1.807) is 23.9 Å². The quantitative estimate of drug-likeness (QED) is 0.352. The number of non-ortho nitro benzene ring substituents is 1. The van der Waals surface area contributed by atoms with Crippen LogP contribution in [0.4, 0.5) is 5.69 Å². The fourth-order valence-electron chi connectivity index (χ4n) is 1.61. The van der Waals surface area contributed by atoms with Crippen molar-refractivity contribution < 1.29 is 4.92 Å². The van der Waals surface area contributed by atoms with Gasteiger partial charge in [0.15, 0.2) is 0 Å². The molecule has 0 aliphatic rings. The van der Waals surface area contributed by atoms with Crippen molar-refractivity contribution in [3.8, 4) is 0 Å². The number of nitro benzene ring substituents is 1. The van der Waals surface area contributed by atoms with E-state index in [4.69, 9.17) is 0 Å². The van der Waals surface area contributed by atoms with Gasteiger partial charge >= 0.3 is 0 Å². The van der Waals surface area contributed by atoms with Crippen LogP contribution in [0.3, 0.4) is 0 Å². The number of nitro groups is 1. The highest BCUT2D eigenvalue weighted by Crippen LogP contribution is 2.36. The van der Waals surface area contributed by atoms with Crippen LogP contribution in [0.15, 0.2) is 38.5 Å². The van der Waals surface area contributed by atoms with Gasteiger partial charge in [0.2, 0.25) is 0 Å². The molecular weight excluding hydrogens is 326 g/mol. The largest absolute Gasteiger partial charge is 0.269 e. The SMILES string of the molecule is CCC/C(Br)=C(/CCC)Sc1ccc([N+](=O)[O-])cc1. The van der Waals surface area contributed by atoms with Crippen molar-refractivity contribution in [2.75, 3.05) is 0 Å². The van der Waals surface area contributed by atoms with Gasteiger partial charge in [-0.05, 0) is 29.9 Å². The van der Waals surface area contributed by atoms with Crippen LogP contribution in [0.25, 0.3) is 0 Å². The summed E-state index contributed by atoms with van der Waals surface area (Å²) < 4.78 is 1.25. The normalized spacial score (nSPS) is 12.2. The molecule has 0 atom stereocenters. The van der Waals surface area contributed by atoms with E-state index in [2.05, 4.69) is 29.8 Å². The van der Waals surface area contributed by atoms with Gasteiger partial charge in [0, 0.05) is 21.5 Å². The number of hydrogen-bond donors (Lipinski definition) is 0. The van der Waals surface area contributed by atoms with Crippen molar-refractivity contribution in [2.45, 2.75) is 44.4 Å². The molecule has 1 aromatic carbocycles. The van der Waals surface area contributed by atoms with E-state index in [1.165, 1.54) is 9.39 Å². The Morgan fingerprint density at radius 3 is 2.26 bits per heavy atom. The van der Waals surface area contributed by atoms with Crippen LogP contribution in [-0.4, -0.2) is 4.92 Å². The van der Waals surface area contributed by atoms with Crippen molar-refractivity contribution in [3.05, 3.63) is 43.8 Å². The first kappa shape index (κ1) is 16.2. The predicted octanol–water partition coefficient (Wildman–Crippen LogP) is 5.89. The highest BCUT2D eigenvalue weighted by Gasteiger charge is 2.08. The summed E-state index contributed by atoms with van der Waals surface area (Å²) in [6, 6.07) is 6.73. The fraction of sp³-hybridized carbons (Fsp3) is 0.429. The second-order valence-corrected chi connectivity index (χ2v) is 6.31. The average molecular weight is 344 g/mol. The van der Waals surface area contributed by atoms with Gasteiger partial charge in [-0.15, -0.1) is 0 Å². The predicted molar refractivity (Wildman–Crippen MR) is 84.7 cm³/mol. The third-order valence-electron chi connectivity index (χ3n) is 2.54. The standard InChI is InChI=1S/C14H18BrNO2S/c1-3-5-13(15)14(6-4-2)19-12-9-7-11(8-10-12)16(17)18/h7-10H,3-6H2,1-2H3/b14-13+. The molecular formula is C14H18BrNO2S. The highest BCUT2D eigenvalue weighted by atomic mass is 79.9. The molecule has 0 radical (unpaired) electrons. The third kappa shape index (κ3) is 5.37. The topological polar surface area (TPSA) is 43.1 Å². The van der Waals surface area contributed by atoms with Crippen LogP contribution in [0.1, 0.15) is 39.5 Å². The minimum atomic E-state index is -0.371. The molecule has 0 amide bonds. The number of halogens is 1. The first-order valence-corrected chi connectivity index (χ1v) is 7.99. The van der Waals surface area contributed by atoms with Crippen molar-refractivity contribution in [2.24, 2.45) is 0 Å². The van der Waals surface area contributed by atoms with Crippen LogP contribution in [-0.2, 0) is 0 Å². The first-order chi connectivity index (χ1) is 9.08. The van der Waals surface area contributed by atoms with Crippen molar-refractivity contribution >= 4 is 33.4 Å². The van der Waals surface area contributed by atoms with Gasteiger partial charge in [0.1, 0.15) is 0 Å². The molecule has 1 aromatic rings. The Labute approximate surface area is 126 Å². The second kappa shape index (κ2) is 8.38. The number of rotatable bonds is 7. The number of hydrogen-bond acceptors (Lipinski definition) is 3. The number of thioether (sulfide) groups is 1. The van der Waals surface area contributed by atoms with Crippen LogP contribution in [0.5, 0.6) is 0 Å². The molecule has 0 aliphatic carbocycles. The van der Waals surface area contributed by atoms with Crippen molar-refractivity contribution in [1.82, 2.24) is 0 Å². The number of nitrogens with zero attached hydrogens (tertiary/aromatic N) is 1. The van der Waals surface area contributed by atoms with E-state index in [-0.39, 0.29) is 10.6 Å². The molecule has 0 bridgehead atoms. The zero-order chi connectivity index (χ0) is 14.3. The van der Waals surface area contributed by atoms with Crippen LogP contribution >= 0.6 is 27.7 Å². The zero-order valence-corrected chi connectivity index (χ0v) is 13.6. The maximum absolute atomic E-state index is 10.6. The summed E-state index contributed by atoms with van der Waals surface area (Å²) >= 11 is 5.34. The summed E-state index contributed by atoms with van der Waals surface area (Å²) in [5, 5.41) is 10.6. The highest BCUT2D eigenvalue weighted by molar-refractivity contribution is 9.11. The maximum atomic E-state index is 10.6. The average Bonchev–Trinajstić information content (AvgIpc) is 2.39. The van der Waals surface area contributed by atoms with Gasteiger partial charge in [-0.3, -0.25) is 10.1 Å². The Morgan fingerprint density at radius 1 is 1.21 bits per heavy atom. The summed E-state index contributed by atoms with van der Waals surface area (Å²) in [5.41, 5.74) is 0.137. The molecule has 5 heteroatoms. The van der Waals surface area contributed by atoms with Crippen molar-refractivity contribution in [1.29, 1.82) is 0 Å².